The number of rotatable bonds is 5. The van der Waals surface area contributed by atoms with Crippen molar-refractivity contribution in [3.63, 3.8) is 0 Å². The van der Waals surface area contributed by atoms with Crippen LogP contribution in [-0.2, 0) is 16.0 Å². The highest BCUT2D eigenvalue weighted by atomic mass is 35.5. The Balaban J connectivity index is 2.19. The van der Waals surface area contributed by atoms with Crippen molar-refractivity contribution in [1.82, 2.24) is 4.57 Å². The number of hydrogen-bond donors (Lipinski definition) is 0. The first-order valence-electron chi connectivity index (χ1n) is 9.31. The molecule has 1 aromatic heterocycles. The van der Waals surface area contributed by atoms with Gasteiger partial charge in [-0.25, -0.2) is 0 Å². The molecule has 0 saturated heterocycles. The monoisotopic (exact) mass is 429 g/mol. The zero-order valence-corrected chi connectivity index (χ0v) is 19.0. The number of halogens is 1. The van der Waals surface area contributed by atoms with Crippen LogP contribution in [0.5, 0.6) is 5.75 Å². The molecule has 0 saturated carbocycles. The maximum absolute atomic E-state index is 13.3. The second-order valence-electron chi connectivity index (χ2n) is 7.86. The number of aromatic nitrogens is 1. The molecule has 7 heteroatoms. The third-order valence-electron chi connectivity index (χ3n) is 4.57. The molecule has 0 unspecified atom stereocenters. The Bertz CT molecular complexity index is 1080. The van der Waals surface area contributed by atoms with Crippen molar-refractivity contribution in [2.24, 2.45) is 0 Å². The van der Waals surface area contributed by atoms with Gasteiger partial charge in [-0.05, 0) is 74.6 Å². The summed E-state index contributed by atoms with van der Waals surface area (Å²) < 4.78 is 12.6. The van der Waals surface area contributed by atoms with Gasteiger partial charge >= 0.3 is 5.97 Å². The number of methoxy groups -OCH3 is 1. The van der Waals surface area contributed by atoms with Gasteiger partial charge in [0, 0.05) is 21.7 Å². The Labute approximate surface area is 176 Å². The van der Waals surface area contributed by atoms with Gasteiger partial charge in [-0.3, -0.25) is 14.2 Å². The Morgan fingerprint density at radius 3 is 2.31 bits per heavy atom. The Kier molecular flexibility index (Phi) is 5.87. The molecule has 5 nitrogen and oxygen atoms in total. The normalized spacial score (nSPS) is 11.5. The molecule has 3 aromatic rings. The van der Waals surface area contributed by atoms with Crippen LogP contribution in [0.3, 0.4) is 0 Å². The van der Waals surface area contributed by atoms with Gasteiger partial charge in [0.05, 0.1) is 19.0 Å². The number of nitrogens with zero attached hydrogens (tertiary/aromatic N) is 1. The van der Waals surface area contributed by atoms with Gasteiger partial charge in [0.25, 0.3) is 5.91 Å². The summed E-state index contributed by atoms with van der Waals surface area (Å²) in [5, 5.41) is 1.38. The molecule has 152 valence electrons. The first-order chi connectivity index (χ1) is 13.6. The Hall–Kier alpha value is -2.57. The van der Waals surface area contributed by atoms with Crippen molar-refractivity contribution < 1.29 is 18.8 Å². The van der Waals surface area contributed by atoms with Crippen molar-refractivity contribution in [3.8, 4) is 5.75 Å². The summed E-state index contributed by atoms with van der Waals surface area (Å²) in [5.74, 6) is 0.195. The van der Waals surface area contributed by atoms with E-state index in [0.29, 0.717) is 16.3 Å². The number of hydrogen-bond acceptors (Lipinski definition) is 4. The Morgan fingerprint density at radius 2 is 1.72 bits per heavy atom. The molecule has 0 radical (unpaired) electrons. The average Bonchev–Trinajstić information content (AvgIpc) is 2.91. The van der Waals surface area contributed by atoms with Gasteiger partial charge in [-0.1, -0.05) is 11.6 Å². The number of benzene rings is 2. The predicted octanol–water partition coefficient (Wildman–Crippen LogP) is 5.22. The fourth-order valence-corrected chi connectivity index (χ4v) is 4.26. The molecule has 29 heavy (non-hydrogen) atoms. The molecule has 1 heterocycles. The fourth-order valence-electron chi connectivity index (χ4n) is 3.30. The molecule has 0 amide bonds. The minimum atomic E-state index is -1.81. The van der Waals surface area contributed by atoms with E-state index in [1.807, 2.05) is 25.1 Å². The topological polar surface area (TPSA) is 57.5 Å². The zero-order valence-electron chi connectivity index (χ0n) is 17.2. The summed E-state index contributed by atoms with van der Waals surface area (Å²) in [6.07, 6.45) is 0.0795. The second kappa shape index (κ2) is 8.04. The van der Waals surface area contributed by atoms with Gasteiger partial charge in [0.15, 0.2) is 0 Å². The summed E-state index contributed by atoms with van der Waals surface area (Å²) in [4.78, 5) is 25.3. The molecule has 0 bridgehead atoms. The lowest BCUT2D eigenvalue weighted by atomic mass is 10.1. The molecule has 0 aliphatic carbocycles. The van der Waals surface area contributed by atoms with E-state index in [1.165, 1.54) is 7.11 Å². The van der Waals surface area contributed by atoms with Crippen LogP contribution in [0.2, 0.25) is 24.7 Å². The number of carbonyl (C=O) groups is 2. The van der Waals surface area contributed by atoms with Crippen LogP contribution < -0.4 is 4.43 Å². The highest BCUT2D eigenvalue weighted by Crippen LogP contribution is 2.32. The highest BCUT2D eigenvalue weighted by Gasteiger charge is 2.23. The second-order valence-corrected chi connectivity index (χ2v) is 12.7. The lowest BCUT2D eigenvalue weighted by Crippen LogP contribution is -2.29. The van der Waals surface area contributed by atoms with Gasteiger partial charge in [0.1, 0.15) is 5.75 Å². The number of ether oxygens (including phenoxy) is 1. The molecule has 3 rings (SSSR count). The molecule has 0 fully saturated rings. The average molecular weight is 430 g/mol. The van der Waals surface area contributed by atoms with E-state index < -0.39 is 8.32 Å². The summed E-state index contributed by atoms with van der Waals surface area (Å²) in [6, 6.07) is 12.4. The molecule has 0 aliphatic rings. The van der Waals surface area contributed by atoms with E-state index in [9.17, 15) is 9.59 Å². The van der Waals surface area contributed by atoms with E-state index in [1.54, 1.807) is 28.8 Å². The first-order valence-corrected chi connectivity index (χ1v) is 13.1. The van der Waals surface area contributed by atoms with E-state index in [-0.39, 0.29) is 18.3 Å². The molecule has 0 spiro atoms. The first kappa shape index (κ1) is 21.1. The summed E-state index contributed by atoms with van der Waals surface area (Å²) >= 11 is 5.96. The van der Waals surface area contributed by atoms with Crippen LogP contribution in [0, 0.1) is 6.92 Å². The minimum absolute atomic E-state index is 0.0795. The number of esters is 1. The van der Waals surface area contributed by atoms with Crippen LogP contribution >= 0.6 is 11.6 Å². The van der Waals surface area contributed by atoms with Crippen LogP contribution in [0.4, 0.5) is 0 Å². The minimum Gasteiger partial charge on any atom is -0.544 e. The lowest BCUT2D eigenvalue weighted by molar-refractivity contribution is -0.139. The van der Waals surface area contributed by atoms with Gasteiger partial charge in [-0.15, -0.1) is 0 Å². The Morgan fingerprint density at radius 1 is 1.07 bits per heavy atom. The number of fused-ring (bicyclic) bond motifs is 1. The van der Waals surface area contributed by atoms with E-state index in [0.717, 1.165) is 22.2 Å². The largest absolute Gasteiger partial charge is 0.544 e. The van der Waals surface area contributed by atoms with Crippen molar-refractivity contribution in [1.29, 1.82) is 0 Å². The van der Waals surface area contributed by atoms with E-state index >= 15 is 0 Å². The fraction of sp³-hybridized carbons (Fsp3) is 0.273. The van der Waals surface area contributed by atoms with Crippen LogP contribution in [0.15, 0.2) is 42.5 Å². The third kappa shape index (κ3) is 4.54. The predicted molar refractivity (Wildman–Crippen MR) is 118 cm³/mol. The summed E-state index contributed by atoms with van der Waals surface area (Å²) in [5.41, 5.74) is 2.71. The molecule has 0 N–H and O–H groups in total. The van der Waals surface area contributed by atoms with Crippen molar-refractivity contribution >= 4 is 42.7 Å². The van der Waals surface area contributed by atoms with Crippen molar-refractivity contribution in [2.45, 2.75) is 33.0 Å². The summed E-state index contributed by atoms with van der Waals surface area (Å²) in [7, 11) is -0.450. The quantitative estimate of drug-likeness (QED) is 0.412. The molecular weight excluding hydrogens is 406 g/mol. The SMILES string of the molecule is COC(=O)Cc1c(C)n(C(=O)c2ccc(Cl)cc2)c2ccc(O[Si](C)(C)C)cc12. The molecule has 0 atom stereocenters. The van der Waals surface area contributed by atoms with E-state index in [4.69, 9.17) is 20.8 Å². The van der Waals surface area contributed by atoms with Gasteiger partial charge < -0.3 is 9.16 Å². The highest BCUT2D eigenvalue weighted by molar-refractivity contribution is 6.70. The van der Waals surface area contributed by atoms with Crippen molar-refractivity contribution in [3.05, 3.63) is 64.3 Å². The van der Waals surface area contributed by atoms with Gasteiger partial charge in [0.2, 0.25) is 8.32 Å². The van der Waals surface area contributed by atoms with Crippen LogP contribution in [0.1, 0.15) is 21.6 Å². The molecular formula is C22H24ClNO4Si. The maximum atomic E-state index is 13.3. The van der Waals surface area contributed by atoms with E-state index in [2.05, 4.69) is 19.6 Å². The summed E-state index contributed by atoms with van der Waals surface area (Å²) in [6.45, 7) is 8.15. The number of carbonyl (C=O) groups excluding carboxylic acids is 2. The van der Waals surface area contributed by atoms with Crippen molar-refractivity contribution in [2.75, 3.05) is 7.11 Å². The maximum Gasteiger partial charge on any atom is 0.310 e. The van der Waals surface area contributed by atoms with Gasteiger partial charge in [-0.2, -0.15) is 0 Å². The lowest BCUT2D eigenvalue weighted by Gasteiger charge is -2.19. The third-order valence-corrected chi connectivity index (χ3v) is 5.67. The smallest absolute Gasteiger partial charge is 0.310 e. The molecule has 2 aromatic carbocycles. The molecule has 0 aliphatic heterocycles. The van der Waals surface area contributed by atoms with Crippen LogP contribution in [-0.4, -0.2) is 31.9 Å². The standard InChI is InChI=1S/C22H24ClNO4Si/c1-14-18(13-21(25)27-2)19-12-17(28-29(3,4)5)10-11-20(19)24(14)22(26)15-6-8-16(23)9-7-15/h6-12H,13H2,1-5H3. The zero-order chi connectivity index (χ0) is 21.3. The van der Waals surface area contributed by atoms with Crippen LogP contribution in [0.25, 0.3) is 10.9 Å².